The van der Waals surface area contributed by atoms with Crippen molar-refractivity contribution in [1.82, 2.24) is 0 Å². The second kappa shape index (κ2) is 9.86. The smallest absolute Gasteiger partial charge is 0.255 e. The van der Waals surface area contributed by atoms with Crippen LogP contribution in [0.25, 0.3) is 0 Å². The second-order valence-corrected chi connectivity index (χ2v) is 8.26. The summed E-state index contributed by atoms with van der Waals surface area (Å²) in [6, 6.07) is 19.3. The SMILES string of the molecule is CCOc1ccc(C(=O)Nc2ccc(C)cc2C)cc1CSc1ccc(Cl)cc1. The van der Waals surface area contributed by atoms with E-state index in [0.717, 1.165) is 32.5 Å². The molecule has 3 aromatic rings. The molecule has 0 aliphatic carbocycles. The predicted octanol–water partition coefficient (Wildman–Crippen LogP) is 6.90. The minimum absolute atomic E-state index is 0.127. The second-order valence-electron chi connectivity index (χ2n) is 6.77. The lowest BCUT2D eigenvalue weighted by Gasteiger charge is -2.13. The van der Waals surface area contributed by atoms with Gasteiger partial charge in [-0.05, 0) is 74.9 Å². The van der Waals surface area contributed by atoms with Gasteiger partial charge in [-0.15, -0.1) is 11.8 Å². The monoisotopic (exact) mass is 425 g/mol. The lowest BCUT2D eigenvalue weighted by atomic mass is 10.1. The molecule has 0 radical (unpaired) electrons. The quantitative estimate of drug-likeness (QED) is 0.418. The summed E-state index contributed by atoms with van der Waals surface area (Å²) >= 11 is 7.64. The molecule has 150 valence electrons. The number of amides is 1. The number of rotatable bonds is 7. The number of carbonyl (C=O) groups excluding carboxylic acids is 1. The van der Waals surface area contributed by atoms with Crippen molar-refractivity contribution in [3.05, 3.63) is 87.9 Å². The van der Waals surface area contributed by atoms with Gasteiger partial charge in [-0.1, -0.05) is 29.3 Å². The Bertz CT molecular complexity index is 1000. The Hall–Kier alpha value is -2.43. The first-order chi connectivity index (χ1) is 14.0. The van der Waals surface area contributed by atoms with Crippen LogP contribution in [-0.4, -0.2) is 12.5 Å². The normalized spacial score (nSPS) is 10.6. The molecule has 0 saturated heterocycles. The number of nitrogens with one attached hydrogen (secondary N) is 1. The first-order valence-electron chi connectivity index (χ1n) is 9.49. The molecule has 0 aliphatic heterocycles. The molecule has 0 fully saturated rings. The van der Waals surface area contributed by atoms with Gasteiger partial charge in [-0.3, -0.25) is 4.79 Å². The third kappa shape index (κ3) is 5.78. The highest BCUT2D eigenvalue weighted by Crippen LogP contribution is 2.30. The Morgan fingerprint density at radius 2 is 1.79 bits per heavy atom. The number of benzene rings is 3. The summed E-state index contributed by atoms with van der Waals surface area (Å²) in [6.45, 7) is 6.56. The van der Waals surface area contributed by atoms with Gasteiger partial charge in [0.2, 0.25) is 0 Å². The molecule has 0 spiro atoms. The van der Waals surface area contributed by atoms with Crippen LogP contribution >= 0.6 is 23.4 Å². The lowest BCUT2D eigenvalue weighted by Crippen LogP contribution is -2.13. The molecule has 3 rings (SSSR count). The van der Waals surface area contributed by atoms with Crippen molar-refractivity contribution in [2.24, 2.45) is 0 Å². The van der Waals surface area contributed by atoms with Gasteiger partial charge in [0.15, 0.2) is 0 Å². The largest absolute Gasteiger partial charge is 0.494 e. The minimum Gasteiger partial charge on any atom is -0.494 e. The molecule has 1 amide bonds. The van der Waals surface area contributed by atoms with Crippen LogP contribution in [0.1, 0.15) is 34.0 Å². The maximum atomic E-state index is 12.8. The maximum Gasteiger partial charge on any atom is 0.255 e. The summed E-state index contributed by atoms with van der Waals surface area (Å²) in [5.74, 6) is 1.37. The van der Waals surface area contributed by atoms with Gasteiger partial charge >= 0.3 is 0 Å². The highest BCUT2D eigenvalue weighted by Gasteiger charge is 2.12. The summed E-state index contributed by atoms with van der Waals surface area (Å²) in [6.07, 6.45) is 0. The van der Waals surface area contributed by atoms with Crippen LogP contribution in [0.4, 0.5) is 5.69 Å². The molecule has 0 saturated carbocycles. The summed E-state index contributed by atoms with van der Waals surface area (Å²) in [7, 11) is 0. The van der Waals surface area contributed by atoms with Gasteiger partial charge in [-0.25, -0.2) is 0 Å². The molecule has 0 aliphatic rings. The third-order valence-electron chi connectivity index (χ3n) is 4.46. The third-order valence-corrected chi connectivity index (χ3v) is 5.77. The molecule has 0 aromatic heterocycles. The van der Waals surface area contributed by atoms with Crippen molar-refractivity contribution < 1.29 is 9.53 Å². The Labute approximate surface area is 181 Å². The zero-order valence-electron chi connectivity index (χ0n) is 16.8. The van der Waals surface area contributed by atoms with Crippen LogP contribution in [0.5, 0.6) is 5.75 Å². The van der Waals surface area contributed by atoms with E-state index in [4.69, 9.17) is 16.3 Å². The zero-order chi connectivity index (χ0) is 20.8. The van der Waals surface area contributed by atoms with Gasteiger partial charge in [0.25, 0.3) is 5.91 Å². The summed E-state index contributed by atoms with van der Waals surface area (Å²) in [5, 5.41) is 3.73. The summed E-state index contributed by atoms with van der Waals surface area (Å²) in [5.41, 5.74) is 4.64. The number of hydrogen-bond acceptors (Lipinski definition) is 3. The topological polar surface area (TPSA) is 38.3 Å². The van der Waals surface area contributed by atoms with Crippen LogP contribution in [0.3, 0.4) is 0 Å². The fourth-order valence-electron chi connectivity index (χ4n) is 2.97. The Kier molecular flexibility index (Phi) is 7.24. The first-order valence-corrected chi connectivity index (χ1v) is 10.9. The highest BCUT2D eigenvalue weighted by atomic mass is 35.5. The van der Waals surface area contributed by atoms with E-state index in [-0.39, 0.29) is 5.91 Å². The lowest BCUT2D eigenvalue weighted by molar-refractivity contribution is 0.102. The van der Waals surface area contributed by atoms with E-state index in [1.165, 1.54) is 5.56 Å². The van der Waals surface area contributed by atoms with E-state index in [1.807, 2.05) is 69.3 Å². The summed E-state index contributed by atoms with van der Waals surface area (Å²) in [4.78, 5) is 13.9. The number of anilines is 1. The van der Waals surface area contributed by atoms with Gasteiger partial charge in [0.1, 0.15) is 5.75 Å². The van der Waals surface area contributed by atoms with E-state index in [9.17, 15) is 4.79 Å². The molecule has 0 atom stereocenters. The van der Waals surface area contributed by atoms with Crippen molar-refractivity contribution in [1.29, 1.82) is 0 Å². The van der Waals surface area contributed by atoms with Crippen LogP contribution in [0, 0.1) is 13.8 Å². The van der Waals surface area contributed by atoms with E-state index in [1.54, 1.807) is 17.8 Å². The van der Waals surface area contributed by atoms with E-state index < -0.39 is 0 Å². The molecule has 3 aromatic carbocycles. The Balaban J connectivity index is 1.79. The molecular formula is C24H24ClNO2S. The Morgan fingerprint density at radius 1 is 1.03 bits per heavy atom. The van der Waals surface area contributed by atoms with Gasteiger partial charge in [0.05, 0.1) is 6.61 Å². The van der Waals surface area contributed by atoms with Crippen LogP contribution in [0.2, 0.25) is 5.02 Å². The van der Waals surface area contributed by atoms with E-state index in [2.05, 4.69) is 11.4 Å². The number of ether oxygens (including phenoxy) is 1. The minimum atomic E-state index is -0.127. The summed E-state index contributed by atoms with van der Waals surface area (Å²) < 4.78 is 5.76. The molecule has 0 heterocycles. The number of halogens is 1. The average molecular weight is 426 g/mol. The molecule has 0 bridgehead atoms. The standard InChI is InChI=1S/C24H24ClNO2S/c1-4-28-23-12-6-18(24(27)26-22-11-5-16(2)13-17(22)3)14-19(23)15-29-21-9-7-20(25)8-10-21/h5-14H,4,15H2,1-3H3,(H,26,27). The number of hydrogen-bond donors (Lipinski definition) is 1. The van der Waals surface area contributed by atoms with Crippen LogP contribution in [0.15, 0.2) is 65.6 Å². The number of thioether (sulfide) groups is 1. The fraction of sp³-hybridized carbons (Fsp3) is 0.208. The predicted molar refractivity (Wildman–Crippen MR) is 122 cm³/mol. The van der Waals surface area contributed by atoms with Crippen LogP contribution < -0.4 is 10.1 Å². The van der Waals surface area contributed by atoms with Crippen molar-refractivity contribution >= 4 is 35.0 Å². The average Bonchev–Trinajstić information content (AvgIpc) is 2.70. The van der Waals surface area contributed by atoms with Crippen LogP contribution in [-0.2, 0) is 5.75 Å². The molecule has 3 nitrogen and oxygen atoms in total. The Morgan fingerprint density at radius 3 is 2.48 bits per heavy atom. The van der Waals surface area contributed by atoms with Gasteiger partial charge in [0, 0.05) is 32.5 Å². The first kappa shape index (κ1) is 21.3. The fourth-order valence-corrected chi connectivity index (χ4v) is 3.97. The maximum absolute atomic E-state index is 12.8. The van der Waals surface area contributed by atoms with Gasteiger partial charge in [-0.2, -0.15) is 0 Å². The molecular weight excluding hydrogens is 402 g/mol. The molecule has 5 heteroatoms. The molecule has 1 N–H and O–H groups in total. The van der Waals surface area contributed by atoms with E-state index >= 15 is 0 Å². The highest BCUT2D eigenvalue weighted by molar-refractivity contribution is 7.98. The molecule has 29 heavy (non-hydrogen) atoms. The molecule has 0 unspecified atom stereocenters. The van der Waals surface area contributed by atoms with E-state index in [0.29, 0.717) is 17.9 Å². The van der Waals surface area contributed by atoms with Gasteiger partial charge < -0.3 is 10.1 Å². The van der Waals surface area contributed by atoms with Crippen molar-refractivity contribution in [3.8, 4) is 5.75 Å². The van der Waals surface area contributed by atoms with Crippen molar-refractivity contribution in [2.75, 3.05) is 11.9 Å². The van der Waals surface area contributed by atoms with Crippen molar-refractivity contribution in [3.63, 3.8) is 0 Å². The number of carbonyl (C=O) groups is 1. The van der Waals surface area contributed by atoms with Crippen molar-refractivity contribution in [2.45, 2.75) is 31.4 Å². The number of aryl methyl sites for hydroxylation is 2. The zero-order valence-corrected chi connectivity index (χ0v) is 18.4.